The molecular weight excluding hydrogens is 408 g/mol. The van der Waals surface area contributed by atoms with Crippen LogP contribution in [0.3, 0.4) is 0 Å². The van der Waals surface area contributed by atoms with Crippen LogP contribution in [0.4, 0.5) is 10.6 Å². The molecule has 4 rings (SSSR count). The summed E-state index contributed by atoms with van der Waals surface area (Å²) in [4.78, 5) is 24.6. The molecule has 2 heterocycles. The Kier molecular flexibility index (Phi) is 5.83. The van der Waals surface area contributed by atoms with Crippen molar-refractivity contribution in [2.24, 2.45) is 5.92 Å². The van der Waals surface area contributed by atoms with E-state index in [1.807, 2.05) is 19.3 Å². The molecule has 164 valence electrons. The number of rotatable bonds is 7. The summed E-state index contributed by atoms with van der Waals surface area (Å²) in [7, 11) is -1.33. The predicted molar refractivity (Wildman–Crippen MR) is 113 cm³/mol. The Balaban J connectivity index is 1.26. The molecule has 2 saturated carbocycles. The Morgan fingerprint density at radius 3 is 2.67 bits per heavy atom. The molecule has 0 radical (unpaired) electrons. The molecule has 11 heteroatoms. The van der Waals surface area contributed by atoms with Crippen LogP contribution in [0.15, 0.2) is 18.6 Å². The van der Waals surface area contributed by atoms with E-state index in [-0.39, 0.29) is 23.8 Å². The average molecular weight is 437 g/mol. The number of carbonyl (C=O) groups is 1. The highest BCUT2D eigenvalue weighted by molar-refractivity contribution is 7.89. The van der Waals surface area contributed by atoms with Crippen LogP contribution in [-0.4, -0.2) is 65.5 Å². The number of hydrogen-bond acceptors (Lipinski definition) is 6. The van der Waals surface area contributed by atoms with Crippen LogP contribution in [0.5, 0.6) is 0 Å². The summed E-state index contributed by atoms with van der Waals surface area (Å²) in [6.45, 7) is 0. The minimum Gasteiger partial charge on any atom is -0.465 e. The van der Waals surface area contributed by atoms with E-state index in [0.717, 1.165) is 42.5 Å². The van der Waals surface area contributed by atoms with Gasteiger partial charge in [-0.1, -0.05) is 0 Å². The Labute approximate surface area is 175 Å². The molecule has 30 heavy (non-hydrogen) atoms. The number of aromatic nitrogens is 3. The van der Waals surface area contributed by atoms with Gasteiger partial charge in [-0.25, -0.2) is 27.9 Å². The molecular formula is C19H28N6O4S. The van der Waals surface area contributed by atoms with E-state index >= 15 is 0 Å². The highest BCUT2D eigenvalue weighted by Gasteiger charge is 2.35. The minimum absolute atomic E-state index is 0.131. The second kappa shape index (κ2) is 8.38. The van der Waals surface area contributed by atoms with E-state index in [1.165, 1.54) is 0 Å². The first-order chi connectivity index (χ1) is 14.3. The van der Waals surface area contributed by atoms with E-state index in [0.29, 0.717) is 18.9 Å². The van der Waals surface area contributed by atoms with Gasteiger partial charge in [-0.3, -0.25) is 0 Å². The number of sulfonamides is 1. The van der Waals surface area contributed by atoms with E-state index < -0.39 is 16.1 Å². The highest BCUT2D eigenvalue weighted by atomic mass is 32.2. The van der Waals surface area contributed by atoms with Gasteiger partial charge < -0.3 is 20.3 Å². The zero-order valence-corrected chi connectivity index (χ0v) is 17.7. The van der Waals surface area contributed by atoms with Crippen LogP contribution in [0.25, 0.3) is 11.0 Å². The molecule has 2 fully saturated rings. The van der Waals surface area contributed by atoms with Crippen LogP contribution < -0.4 is 14.9 Å². The number of anilines is 1. The monoisotopic (exact) mass is 436 g/mol. The van der Waals surface area contributed by atoms with Crippen LogP contribution in [0.2, 0.25) is 0 Å². The summed E-state index contributed by atoms with van der Waals surface area (Å²) in [5.74, 6) is 1.17. The van der Waals surface area contributed by atoms with E-state index in [2.05, 4.69) is 29.9 Å². The number of hydrogen-bond donors (Lipinski definition) is 4. The molecule has 0 aliphatic heterocycles. The number of carboxylic acid groups (broad SMARTS) is 1. The fraction of sp³-hybridized carbons (Fsp3) is 0.632. The first-order valence-corrected chi connectivity index (χ1v) is 12.0. The standard InChI is InChI=1S/C19H28N6O4S/c1-25(18-16-6-7-20-17(16)21-11-22-18)15-4-2-12(3-5-15)10-30(28,29)24-14-8-13(9-14)23-19(26)27/h6-7,11-15,23-24H,2-5,8-10H2,1H3,(H,26,27)(H,20,21,22)/t12-,13?,14?,15-. The van der Waals surface area contributed by atoms with Gasteiger partial charge >= 0.3 is 6.09 Å². The van der Waals surface area contributed by atoms with Gasteiger partial charge in [0.2, 0.25) is 10.0 Å². The highest BCUT2D eigenvalue weighted by Crippen LogP contribution is 2.32. The molecule has 0 saturated heterocycles. The SMILES string of the molecule is CN(c1ncnc2[nH]ccc12)[C@H]1CC[C@H](CS(=O)(=O)NC2CC(NC(=O)O)C2)CC1. The summed E-state index contributed by atoms with van der Waals surface area (Å²) in [5, 5.41) is 12.1. The third-order valence-corrected chi connectivity index (χ3v) is 7.90. The minimum atomic E-state index is -3.37. The van der Waals surface area contributed by atoms with Gasteiger partial charge in [0.15, 0.2) is 0 Å². The van der Waals surface area contributed by atoms with Crippen molar-refractivity contribution in [3.05, 3.63) is 18.6 Å². The maximum Gasteiger partial charge on any atom is 0.404 e. The summed E-state index contributed by atoms with van der Waals surface area (Å²) in [6.07, 6.45) is 6.91. The fourth-order valence-corrected chi connectivity index (χ4v) is 6.38. The Bertz CT molecular complexity index is 995. The van der Waals surface area contributed by atoms with Crippen molar-refractivity contribution >= 4 is 33.0 Å². The molecule has 2 aromatic heterocycles. The maximum absolute atomic E-state index is 12.5. The number of nitrogens with zero attached hydrogens (tertiary/aromatic N) is 3. The Hall–Kier alpha value is -2.40. The van der Waals surface area contributed by atoms with Crippen molar-refractivity contribution in [2.75, 3.05) is 17.7 Å². The molecule has 2 aromatic rings. The van der Waals surface area contributed by atoms with Gasteiger partial charge in [0.05, 0.1) is 11.1 Å². The number of nitrogens with one attached hydrogen (secondary N) is 3. The van der Waals surface area contributed by atoms with Crippen LogP contribution >= 0.6 is 0 Å². The predicted octanol–water partition coefficient (Wildman–Crippen LogP) is 1.67. The van der Waals surface area contributed by atoms with Crippen LogP contribution in [0, 0.1) is 5.92 Å². The lowest BCUT2D eigenvalue weighted by Gasteiger charge is -2.37. The number of fused-ring (bicyclic) bond motifs is 1. The Morgan fingerprint density at radius 1 is 1.23 bits per heavy atom. The molecule has 1 amide bonds. The molecule has 0 atom stereocenters. The van der Waals surface area contributed by atoms with Crippen LogP contribution in [0.1, 0.15) is 38.5 Å². The van der Waals surface area contributed by atoms with Crippen molar-refractivity contribution in [2.45, 2.75) is 56.7 Å². The third kappa shape index (κ3) is 4.67. The second-order valence-corrected chi connectivity index (χ2v) is 10.2. The van der Waals surface area contributed by atoms with Gasteiger partial charge in [0.25, 0.3) is 0 Å². The largest absolute Gasteiger partial charge is 0.465 e. The molecule has 0 aromatic carbocycles. The maximum atomic E-state index is 12.5. The number of H-pyrrole nitrogens is 1. The van der Waals surface area contributed by atoms with Crippen molar-refractivity contribution in [1.82, 2.24) is 25.0 Å². The van der Waals surface area contributed by atoms with Gasteiger partial charge in [-0.15, -0.1) is 0 Å². The van der Waals surface area contributed by atoms with Gasteiger partial charge in [0, 0.05) is 31.4 Å². The normalized spacial score (nSPS) is 26.8. The van der Waals surface area contributed by atoms with Gasteiger partial charge in [-0.05, 0) is 50.5 Å². The summed E-state index contributed by atoms with van der Waals surface area (Å²) >= 11 is 0. The topological polar surface area (TPSA) is 140 Å². The van der Waals surface area contributed by atoms with Crippen molar-refractivity contribution in [3.63, 3.8) is 0 Å². The van der Waals surface area contributed by atoms with Gasteiger partial charge in [-0.2, -0.15) is 0 Å². The van der Waals surface area contributed by atoms with Crippen molar-refractivity contribution in [1.29, 1.82) is 0 Å². The lowest BCUT2D eigenvalue weighted by Crippen LogP contribution is -2.54. The van der Waals surface area contributed by atoms with E-state index in [1.54, 1.807) is 6.33 Å². The molecule has 4 N–H and O–H groups in total. The molecule has 2 aliphatic carbocycles. The number of amides is 1. The quantitative estimate of drug-likeness (QED) is 0.517. The number of aromatic amines is 1. The van der Waals surface area contributed by atoms with E-state index in [9.17, 15) is 13.2 Å². The van der Waals surface area contributed by atoms with Crippen molar-refractivity contribution in [3.8, 4) is 0 Å². The van der Waals surface area contributed by atoms with E-state index in [4.69, 9.17) is 5.11 Å². The third-order valence-electron chi connectivity index (χ3n) is 6.30. The average Bonchev–Trinajstić information content (AvgIpc) is 3.14. The van der Waals surface area contributed by atoms with Gasteiger partial charge in [0.1, 0.15) is 17.8 Å². The van der Waals surface area contributed by atoms with Crippen molar-refractivity contribution < 1.29 is 18.3 Å². The summed E-state index contributed by atoms with van der Waals surface area (Å²) in [5.41, 5.74) is 0.814. The molecule has 2 aliphatic rings. The smallest absolute Gasteiger partial charge is 0.404 e. The Morgan fingerprint density at radius 2 is 1.97 bits per heavy atom. The zero-order valence-electron chi connectivity index (χ0n) is 16.9. The zero-order chi connectivity index (χ0) is 21.3. The lowest BCUT2D eigenvalue weighted by atomic mass is 9.86. The van der Waals surface area contributed by atoms with Crippen LogP contribution in [-0.2, 0) is 10.0 Å². The summed E-state index contributed by atoms with van der Waals surface area (Å²) < 4.78 is 27.7. The fourth-order valence-electron chi connectivity index (χ4n) is 4.63. The first-order valence-electron chi connectivity index (χ1n) is 10.3. The molecule has 0 spiro atoms. The lowest BCUT2D eigenvalue weighted by molar-refractivity contribution is 0.176. The molecule has 10 nitrogen and oxygen atoms in total. The summed E-state index contributed by atoms with van der Waals surface area (Å²) in [6, 6.07) is 1.96. The first kappa shape index (κ1) is 20.9. The molecule has 0 bridgehead atoms. The molecule has 0 unspecified atom stereocenters. The second-order valence-electron chi connectivity index (χ2n) is 8.44.